The smallest absolute Gasteiger partial charge is 0.136 e. The van der Waals surface area contributed by atoms with Gasteiger partial charge in [0.25, 0.3) is 0 Å². The molecule has 3 aromatic heterocycles. The van der Waals surface area contributed by atoms with E-state index in [1.54, 1.807) is 0 Å². The predicted molar refractivity (Wildman–Crippen MR) is 239 cm³/mol. The average Bonchev–Trinajstić information content (AvgIpc) is 3.94. The molecule has 0 bridgehead atoms. The number of para-hydroxylation sites is 3. The van der Waals surface area contributed by atoms with Gasteiger partial charge >= 0.3 is 0 Å². The Morgan fingerprint density at radius 2 is 0.825 bits per heavy atom. The first-order valence-corrected chi connectivity index (χ1v) is 19.5. The summed E-state index contributed by atoms with van der Waals surface area (Å²) in [5, 5.41) is 7.20. The first kappa shape index (κ1) is 31.7. The standard InChI is InChI=1S/C54H34N2O/c1-3-13-35(14-4-1)36-15-11-16-39(31-36)42-21-12-24-53-54(42)47-34-41(27-30-52(47)57-53)56-49-23-10-8-20-44(49)46-33-38(26-29-51(46)56)37-25-28-50-45(32-37)43-19-7-9-22-48(43)55(50)40-17-5-2-6-18-40/h1-34H. The third kappa shape index (κ3) is 4.92. The van der Waals surface area contributed by atoms with Crippen molar-refractivity contribution in [2.75, 3.05) is 0 Å². The van der Waals surface area contributed by atoms with E-state index in [9.17, 15) is 0 Å². The molecule has 3 nitrogen and oxygen atoms in total. The largest absolute Gasteiger partial charge is 0.456 e. The summed E-state index contributed by atoms with van der Waals surface area (Å²) in [5.74, 6) is 0. The molecule has 3 heterocycles. The fourth-order valence-corrected chi connectivity index (χ4v) is 9.13. The van der Waals surface area contributed by atoms with Crippen LogP contribution in [-0.4, -0.2) is 9.13 Å². The van der Waals surface area contributed by atoms with Crippen molar-refractivity contribution in [3.8, 4) is 44.8 Å². The second-order valence-electron chi connectivity index (χ2n) is 14.9. The molecule has 0 amide bonds. The highest BCUT2D eigenvalue weighted by atomic mass is 16.3. The molecule has 0 aliphatic carbocycles. The molecule has 0 saturated heterocycles. The zero-order valence-electron chi connectivity index (χ0n) is 30.9. The Kier molecular flexibility index (Phi) is 6.93. The van der Waals surface area contributed by atoms with Gasteiger partial charge in [0, 0.05) is 43.7 Å². The zero-order chi connectivity index (χ0) is 37.5. The minimum Gasteiger partial charge on any atom is -0.456 e. The highest BCUT2D eigenvalue weighted by Gasteiger charge is 2.18. The molecule has 57 heavy (non-hydrogen) atoms. The van der Waals surface area contributed by atoms with Crippen LogP contribution in [0.5, 0.6) is 0 Å². The molecule has 12 aromatic rings. The molecule has 3 heteroatoms. The molecule has 266 valence electrons. The molecule has 0 aliphatic rings. The number of benzene rings is 9. The third-order valence-electron chi connectivity index (χ3n) is 11.7. The summed E-state index contributed by atoms with van der Waals surface area (Å²) in [6.45, 7) is 0. The van der Waals surface area contributed by atoms with Gasteiger partial charge in [0.05, 0.1) is 22.1 Å². The van der Waals surface area contributed by atoms with E-state index < -0.39 is 0 Å². The molecular formula is C54H34N2O. The van der Waals surface area contributed by atoms with Crippen LogP contribution < -0.4 is 0 Å². The van der Waals surface area contributed by atoms with Gasteiger partial charge in [0.15, 0.2) is 0 Å². The minimum atomic E-state index is 0.882. The Balaban J connectivity index is 1.01. The van der Waals surface area contributed by atoms with E-state index in [-0.39, 0.29) is 0 Å². The van der Waals surface area contributed by atoms with Gasteiger partial charge < -0.3 is 13.6 Å². The molecule has 0 fully saturated rings. The maximum Gasteiger partial charge on any atom is 0.136 e. The number of fused-ring (bicyclic) bond motifs is 9. The Morgan fingerprint density at radius 1 is 0.281 bits per heavy atom. The van der Waals surface area contributed by atoms with Crippen LogP contribution in [0, 0.1) is 0 Å². The van der Waals surface area contributed by atoms with Gasteiger partial charge in [-0.1, -0.05) is 127 Å². The Hall–Kier alpha value is -7.62. The summed E-state index contributed by atoms with van der Waals surface area (Å²) in [6, 6.07) is 74.4. The predicted octanol–water partition coefficient (Wildman–Crippen LogP) is 14.8. The van der Waals surface area contributed by atoms with E-state index in [0.717, 1.165) is 33.2 Å². The summed E-state index contributed by atoms with van der Waals surface area (Å²) in [5.41, 5.74) is 15.9. The first-order valence-electron chi connectivity index (χ1n) is 19.5. The third-order valence-corrected chi connectivity index (χ3v) is 11.7. The number of rotatable bonds is 5. The Bertz CT molecular complexity index is 3510. The van der Waals surface area contributed by atoms with E-state index in [1.165, 1.54) is 77.1 Å². The monoisotopic (exact) mass is 726 g/mol. The second-order valence-corrected chi connectivity index (χ2v) is 14.9. The van der Waals surface area contributed by atoms with Crippen LogP contribution in [0.2, 0.25) is 0 Å². The van der Waals surface area contributed by atoms with E-state index in [1.807, 2.05) is 0 Å². The minimum absolute atomic E-state index is 0.882. The van der Waals surface area contributed by atoms with Crippen LogP contribution in [-0.2, 0) is 0 Å². The lowest BCUT2D eigenvalue weighted by Crippen LogP contribution is -1.93. The van der Waals surface area contributed by atoms with Crippen molar-refractivity contribution in [1.29, 1.82) is 0 Å². The summed E-state index contributed by atoms with van der Waals surface area (Å²) < 4.78 is 11.3. The number of furan rings is 1. The number of hydrogen-bond acceptors (Lipinski definition) is 1. The van der Waals surface area contributed by atoms with Crippen molar-refractivity contribution < 1.29 is 4.42 Å². The highest BCUT2D eigenvalue weighted by molar-refractivity contribution is 6.15. The molecule has 0 radical (unpaired) electrons. The van der Waals surface area contributed by atoms with Gasteiger partial charge in [-0.05, 0) is 112 Å². The lowest BCUT2D eigenvalue weighted by atomic mass is 9.96. The van der Waals surface area contributed by atoms with Crippen molar-refractivity contribution in [3.05, 3.63) is 206 Å². The van der Waals surface area contributed by atoms with E-state index >= 15 is 0 Å². The maximum absolute atomic E-state index is 6.51. The molecule has 0 saturated carbocycles. The van der Waals surface area contributed by atoms with Crippen molar-refractivity contribution >= 4 is 65.6 Å². The number of aromatic nitrogens is 2. The molecule has 9 aromatic carbocycles. The molecule has 0 spiro atoms. The topological polar surface area (TPSA) is 23.0 Å². The Morgan fingerprint density at radius 3 is 1.53 bits per heavy atom. The molecule has 0 atom stereocenters. The fourth-order valence-electron chi connectivity index (χ4n) is 9.13. The van der Waals surface area contributed by atoms with Crippen LogP contribution >= 0.6 is 0 Å². The van der Waals surface area contributed by atoms with Crippen LogP contribution in [0.4, 0.5) is 0 Å². The van der Waals surface area contributed by atoms with Gasteiger partial charge in [-0.2, -0.15) is 0 Å². The molecule has 0 aliphatic heterocycles. The van der Waals surface area contributed by atoms with Crippen LogP contribution in [0.25, 0.3) is 110 Å². The van der Waals surface area contributed by atoms with Gasteiger partial charge in [-0.15, -0.1) is 0 Å². The van der Waals surface area contributed by atoms with Gasteiger partial charge in [-0.25, -0.2) is 0 Å². The van der Waals surface area contributed by atoms with Crippen molar-refractivity contribution in [2.24, 2.45) is 0 Å². The summed E-state index contributed by atoms with van der Waals surface area (Å²) >= 11 is 0. The van der Waals surface area contributed by atoms with E-state index in [2.05, 4.69) is 215 Å². The number of nitrogens with zero attached hydrogens (tertiary/aromatic N) is 2. The van der Waals surface area contributed by atoms with Crippen LogP contribution in [0.3, 0.4) is 0 Å². The quantitative estimate of drug-likeness (QED) is 0.173. The van der Waals surface area contributed by atoms with Crippen LogP contribution in [0.15, 0.2) is 211 Å². The first-order chi connectivity index (χ1) is 28.3. The molecule has 12 rings (SSSR count). The molecule has 0 unspecified atom stereocenters. The fraction of sp³-hybridized carbons (Fsp3) is 0. The Labute approximate surface area is 328 Å². The molecular weight excluding hydrogens is 693 g/mol. The molecule has 0 N–H and O–H groups in total. The SMILES string of the molecule is c1ccc(-c2cccc(-c3cccc4oc5ccc(-n6c7ccccc7c7cc(-c8ccc9c(c8)c8ccccc8n9-c8ccccc8)ccc76)cc5c34)c2)cc1. The van der Waals surface area contributed by atoms with E-state index in [4.69, 9.17) is 4.42 Å². The lowest BCUT2D eigenvalue weighted by molar-refractivity contribution is 0.669. The summed E-state index contributed by atoms with van der Waals surface area (Å²) in [6.07, 6.45) is 0. The maximum atomic E-state index is 6.51. The summed E-state index contributed by atoms with van der Waals surface area (Å²) in [4.78, 5) is 0. The van der Waals surface area contributed by atoms with Crippen molar-refractivity contribution in [2.45, 2.75) is 0 Å². The number of hydrogen-bond donors (Lipinski definition) is 0. The second kappa shape index (κ2) is 12.5. The van der Waals surface area contributed by atoms with Crippen molar-refractivity contribution in [1.82, 2.24) is 9.13 Å². The normalized spacial score (nSPS) is 11.9. The van der Waals surface area contributed by atoms with Crippen LogP contribution in [0.1, 0.15) is 0 Å². The van der Waals surface area contributed by atoms with Gasteiger partial charge in [0.1, 0.15) is 11.2 Å². The lowest BCUT2D eigenvalue weighted by Gasteiger charge is -2.10. The average molecular weight is 727 g/mol. The van der Waals surface area contributed by atoms with Gasteiger partial charge in [0.2, 0.25) is 0 Å². The zero-order valence-corrected chi connectivity index (χ0v) is 30.9. The van der Waals surface area contributed by atoms with Crippen molar-refractivity contribution in [3.63, 3.8) is 0 Å². The highest BCUT2D eigenvalue weighted by Crippen LogP contribution is 2.41. The van der Waals surface area contributed by atoms with E-state index in [0.29, 0.717) is 0 Å². The van der Waals surface area contributed by atoms with Gasteiger partial charge in [-0.3, -0.25) is 0 Å². The summed E-state index contributed by atoms with van der Waals surface area (Å²) in [7, 11) is 0.